The quantitative estimate of drug-likeness (QED) is 0.636. The molecule has 0 unspecified atom stereocenters. The second kappa shape index (κ2) is 2.31. The zero-order valence-corrected chi connectivity index (χ0v) is 6.24. The van der Waals surface area contributed by atoms with E-state index >= 15 is 0 Å². The van der Waals surface area contributed by atoms with Crippen LogP contribution in [-0.4, -0.2) is 19.1 Å². The number of anilines is 1. The average molecular weight is 145 g/mol. The molecule has 0 bridgehead atoms. The van der Waals surface area contributed by atoms with Crippen LogP contribution in [-0.2, 0) is 0 Å². The lowest BCUT2D eigenvalue weighted by Crippen LogP contribution is -2.08. The van der Waals surface area contributed by atoms with E-state index in [9.17, 15) is 0 Å². The van der Waals surface area contributed by atoms with Crippen LogP contribution in [0.1, 0.15) is 0 Å². The predicted octanol–water partition coefficient (Wildman–Crippen LogP) is 1.73. The first-order valence-electron chi connectivity index (χ1n) is 2.71. The molecule has 0 radical (unpaired) electrons. The molecule has 0 aliphatic rings. The van der Waals surface area contributed by atoms with Gasteiger partial charge in [0.2, 0.25) is 0 Å². The van der Waals surface area contributed by atoms with E-state index in [1.54, 1.807) is 6.20 Å². The fourth-order valence-corrected chi connectivity index (χ4v) is 0.773. The van der Waals surface area contributed by atoms with Gasteiger partial charge in [0.1, 0.15) is 5.82 Å². The number of rotatable bonds is 1. The summed E-state index contributed by atoms with van der Waals surface area (Å²) < 4.78 is 0. The maximum absolute atomic E-state index is 5.65. The van der Waals surface area contributed by atoms with E-state index in [0.717, 1.165) is 10.8 Å². The molecule has 1 rings (SSSR count). The summed E-state index contributed by atoms with van der Waals surface area (Å²) in [7, 11) is 3.92. The molecule has 0 saturated heterocycles. The van der Waals surface area contributed by atoms with E-state index in [1.165, 1.54) is 0 Å². The lowest BCUT2D eigenvalue weighted by Gasteiger charge is -2.07. The van der Waals surface area contributed by atoms with Gasteiger partial charge < -0.3 is 9.88 Å². The van der Waals surface area contributed by atoms with Crippen molar-refractivity contribution in [2.45, 2.75) is 0 Å². The Labute approximate surface area is 59.4 Å². The van der Waals surface area contributed by atoms with Gasteiger partial charge in [0.15, 0.2) is 0 Å². The SMILES string of the molecule is CN(C)c1cc(Cl)c[nH]1. The van der Waals surface area contributed by atoms with Crippen molar-refractivity contribution in [3.05, 3.63) is 17.3 Å². The van der Waals surface area contributed by atoms with Crippen LogP contribution in [0.5, 0.6) is 0 Å². The normalized spacial score (nSPS) is 9.67. The molecule has 0 aliphatic heterocycles. The molecule has 0 spiro atoms. The Kier molecular flexibility index (Phi) is 1.67. The summed E-state index contributed by atoms with van der Waals surface area (Å²) in [6.07, 6.45) is 1.76. The third kappa shape index (κ3) is 1.39. The second-order valence-corrected chi connectivity index (χ2v) is 2.53. The van der Waals surface area contributed by atoms with Crippen LogP contribution in [0.2, 0.25) is 5.02 Å². The van der Waals surface area contributed by atoms with Crippen molar-refractivity contribution in [2.24, 2.45) is 0 Å². The molecule has 50 valence electrons. The molecule has 3 heteroatoms. The molecule has 1 aromatic heterocycles. The van der Waals surface area contributed by atoms with Crippen LogP contribution in [0.4, 0.5) is 5.82 Å². The highest BCUT2D eigenvalue weighted by Crippen LogP contribution is 2.14. The number of halogens is 1. The smallest absolute Gasteiger partial charge is 0.106 e. The van der Waals surface area contributed by atoms with Gasteiger partial charge in [0.25, 0.3) is 0 Å². The Morgan fingerprint density at radius 3 is 2.44 bits per heavy atom. The van der Waals surface area contributed by atoms with Gasteiger partial charge in [-0.25, -0.2) is 0 Å². The molecule has 0 aliphatic carbocycles. The Morgan fingerprint density at radius 2 is 2.22 bits per heavy atom. The van der Waals surface area contributed by atoms with Gasteiger partial charge in [-0.1, -0.05) is 11.6 Å². The lowest BCUT2D eigenvalue weighted by molar-refractivity contribution is 1.09. The van der Waals surface area contributed by atoms with Gasteiger partial charge in [-0.2, -0.15) is 0 Å². The third-order valence-corrected chi connectivity index (χ3v) is 1.33. The lowest BCUT2D eigenvalue weighted by atomic mass is 10.6. The van der Waals surface area contributed by atoms with Crippen LogP contribution in [0.25, 0.3) is 0 Å². The first-order chi connectivity index (χ1) is 4.20. The van der Waals surface area contributed by atoms with Gasteiger partial charge in [-0.05, 0) is 6.07 Å². The highest BCUT2D eigenvalue weighted by molar-refractivity contribution is 6.30. The first-order valence-corrected chi connectivity index (χ1v) is 3.09. The van der Waals surface area contributed by atoms with Gasteiger partial charge in [-0.15, -0.1) is 0 Å². The number of aromatic amines is 1. The van der Waals surface area contributed by atoms with Crippen LogP contribution >= 0.6 is 11.6 Å². The van der Waals surface area contributed by atoms with Gasteiger partial charge >= 0.3 is 0 Å². The summed E-state index contributed by atoms with van der Waals surface area (Å²) in [5, 5.41) is 0.749. The summed E-state index contributed by atoms with van der Waals surface area (Å²) in [4.78, 5) is 4.96. The molecule has 0 fully saturated rings. The second-order valence-electron chi connectivity index (χ2n) is 2.10. The topological polar surface area (TPSA) is 19.0 Å². The zero-order valence-electron chi connectivity index (χ0n) is 5.48. The molecule has 0 atom stereocenters. The Morgan fingerprint density at radius 1 is 1.56 bits per heavy atom. The number of H-pyrrole nitrogens is 1. The minimum Gasteiger partial charge on any atom is -0.364 e. The maximum atomic E-state index is 5.65. The van der Waals surface area contributed by atoms with Gasteiger partial charge in [0, 0.05) is 20.3 Å². The Balaban J connectivity index is 2.85. The number of hydrogen-bond donors (Lipinski definition) is 1. The third-order valence-electron chi connectivity index (χ3n) is 1.11. The van der Waals surface area contributed by atoms with E-state index in [4.69, 9.17) is 11.6 Å². The van der Waals surface area contributed by atoms with Crippen molar-refractivity contribution in [2.75, 3.05) is 19.0 Å². The van der Waals surface area contributed by atoms with E-state index in [2.05, 4.69) is 4.98 Å². The van der Waals surface area contributed by atoms with Crippen LogP contribution in [0.3, 0.4) is 0 Å². The maximum Gasteiger partial charge on any atom is 0.106 e. The molecule has 1 aromatic rings. The Bertz CT molecular complexity index is 193. The van der Waals surface area contributed by atoms with Crippen LogP contribution in [0.15, 0.2) is 12.3 Å². The Hall–Kier alpha value is -0.630. The minimum atomic E-state index is 0.749. The van der Waals surface area contributed by atoms with Gasteiger partial charge in [0.05, 0.1) is 5.02 Å². The minimum absolute atomic E-state index is 0.749. The molecule has 9 heavy (non-hydrogen) atoms. The summed E-state index contributed by atoms with van der Waals surface area (Å²) in [6, 6.07) is 1.88. The number of hydrogen-bond acceptors (Lipinski definition) is 1. The first kappa shape index (κ1) is 6.49. The van der Waals surface area contributed by atoms with E-state index in [1.807, 2.05) is 25.1 Å². The monoisotopic (exact) mass is 144 g/mol. The molecule has 0 amide bonds. The van der Waals surface area contributed by atoms with E-state index in [0.29, 0.717) is 0 Å². The molecular formula is C6H9ClN2. The predicted molar refractivity (Wildman–Crippen MR) is 40.1 cm³/mol. The number of nitrogens with zero attached hydrogens (tertiary/aromatic N) is 1. The average Bonchev–Trinajstić information content (AvgIpc) is 2.14. The van der Waals surface area contributed by atoms with Crippen molar-refractivity contribution in [1.29, 1.82) is 0 Å². The van der Waals surface area contributed by atoms with Crippen LogP contribution in [0, 0.1) is 0 Å². The summed E-state index contributed by atoms with van der Waals surface area (Å²) in [6.45, 7) is 0. The highest BCUT2D eigenvalue weighted by atomic mass is 35.5. The van der Waals surface area contributed by atoms with Crippen LogP contribution < -0.4 is 4.90 Å². The van der Waals surface area contributed by atoms with Crippen molar-refractivity contribution in [1.82, 2.24) is 4.98 Å². The van der Waals surface area contributed by atoms with E-state index in [-0.39, 0.29) is 0 Å². The summed E-state index contributed by atoms with van der Waals surface area (Å²) in [5.41, 5.74) is 0. The molecule has 2 nitrogen and oxygen atoms in total. The molecule has 0 saturated carbocycles. The number of aromatic nitrogens is 1. The molecule has 1 heterocycles. The molecular weight excluding hydrogens is 136 g/mol. The highest BCUT2D eigenvalue weighted by Gasteiger charge is 1.95. The van der Waals surface area contributed by atoms with Crippen molar-refractivity contribution < 1.29 is 0 Å². The summed E-state index contributed by atoms with van der Waals surface area (Å²) >= 11 is 5.65. The fraction of sp³-hybridized carbons (Fsp3) is 0.333. The zero-order chi connectivity index (χ0) is 6.85. The van der Waals surface area contributed by atoms with E-state index < -0.39 is 0 Å². The number of nitrogens with one attached hydrogen (secondary N) is 1. The molecule has 0 aromatic carbocycles. The largest absolute Gasteiger partial charge is 0.364 e. The van der Waals surface area contributed by atoms with Crippen molar-refractivity contribution in [3.8, 4) is 0 Å². The summed E-state index contributed by atoms with van der Waals surface area (Å²) in [5.74, 6) is 1.03. The van der Waals surface area contributed by atoms with Gasteiger partial charge in [-0.3, -0.25) is 0 Å². The standard InChI is InChI=1S/C6H9ClN2/c1-9(2)6-3-5(7)4-8-6/h3-4,8H,1-2H3. The fourth-order valence-electron chi connectivity index (χ4n) is 0.615. The van der Waals surface area contributed by atoms with Crippen molar-refractivity contribution >= 4 is 17.4 Å². The molecule has 1 N–H and O–H groups in total. The van der Waals surface area contributed by atoms with Crippen molar-refractivity contribution in [3.63, 3.8) is 0 Å².